The van der Waals surface area contributed by atoms with Gasteiger partial charge < -0.3 is 26.6 Å². The van der Waals surface area contributed by atoms with E-state index in [1.165, 1.54) is 0 Å². The molecular formula is C18H26F16O6Si2. The first kappa shape index (κ1) is 41.1. The van der Waals surface area contributed by atoms with Gasteiger partial charge in [-0.05, 0) is 0 Å². The van der Waals surface area contributed by atoms with Crippen LogP contribution in [0.4, 0.5) is 70.2 Å². The minimum absolute atomic E-state index is 0.693. The molecule has 0 atom stereocenters. The molecule has 0 aromatic carbocycles. The van der Waals surface area contributed by atoms with E-state index in [0.717, 1.165) is 0 Å². The van der Waals surface area contributed by atoms with Gasteiger partial charge in [-0.15, -0.1) is 0 Å². The Bertz CT molecular complexity index is 797. The van der Waals surface area contributed by atoms with Crippen molar-refractivity contribution in [2.45, 2.75) is 72.3 Å². The van der Waals surface area contributed by atoms with Crippen molar-refractivity contribution < 1.29 is 96.8 Å². The van der Waals surface area contributed by atoms with E-state index in [0.29, 0.717) is 42.7 Å². The van der Waals surface area contributed by atoms with Gasteiger partial charge in [0.1, 0.15) is 0 Å². The van der Waals surface area contributed by atoms with Crippen molar-refractivity contribution in [1.29, 1.82) is 0 Å². The van der Waals surface area contributed by atoms with E-state index in [2.05, 4.69) is 26.6 Å². The molecule has 0 amide bonds. The highest BCUT2D eigenvalue weighted by Crippen LogP contribution is 2.64. The van der Waals surface area contributed by atoms with Gasteiger partial charge in [-0.1, -0.05) is 0 Å². The lowest BCUT2D eigenvalue weighted by molar-refractivity contribution is -0.453. The molecule has 0 fully saturated rings. The van der Waals surface area contributed by atoms with Gasteiger partial charge in [0.25, 0.3) is 0 Å². The molecule has 0 radical (unpaired) electrons. The Balaban J connectivity index is 6.66. The molecule has 0 saturated heterocycles. The molecule has 0 aliphatic heterocycles. The van der Waals surface area contributed by atoms with Crippen LogP contribution in [0.15, 0.2) is 0 Å². The second-order valence-corrected chi connectivity index (χ2v) is 14.6. The Morgan fingerprint density at radius 2 is 0.500 bits per heavy atom. The fraction of sp³-hybridized carbons (Fsp3) is 1.00. The molecule has 24 heteroatoms. The van der Waals surface area contributed by atoms with Gasteiger partial charge in [0, 0.05) is 67.6 Å². The Hall–Kier alpha value is -0.926. The van der Waals surface area contributed by atoms with Gasteiger partial charge in [0.2, 0.25) is 0 Å². The van der Waals surface area contributed by atoms with Gasteiger partial charge in [0.15, 0.2) is 0 Å². The first-order chi connectivity index (χ1) is 18.5. The standard InChI is InChI=1S/C18H26F16O6Si2/c1-35-41(36-2,37-3)9-7-11(19,20)13(23,24)15(27,28)17(31,32)18(33,34)16(29,30)14(25,26)12(21,22)8-10-42(38-4,39-5)40-6/h7-10H2,1-6H3. The smallest absolute Gasteiger partial charge is 0.377 e. The summed E-state index contributed by atoms with van der Waals surface area (Å²) < 4.78 is 253. The van der Waals surface area contributed by atoms with Crippen LogP contribution in [0.2, 0.25) is 12.1 Å². The largest absolute Gasteiger partial charge is 0.500 e. The predicted octanol–water partition coefficient (Wildman–Crippen LogP) is 6.61. The second kappa shape index (κ2) is 12.8. The van der Waals surface area contributed by atoms with Crippen molar-refractivity contribution in [3.8, 4) is 0 Å². The van der Waals surface area contributed by atoms with Crippen molar-refractivity contribution in [2.24, 2.45) is 0 Å². The third-order valence-corrected chi connectivity index (χ3v) is 11.7. The second-order valence-electron chi connectivity index (χ2n) is 8.45. The predicted molar refractivity (Wildman–Crippen MR) is 112 cm³/mol. The average molecular weight is 699 g/mol. The highest BCUT2D eigenvalue weighted by molar-refractivity contribution is 6.60. The molecule has 0 spiro atoms. The Kier molecular flexibility index (Phi) is 12.5. The van der Waals surface area contributed by atoms with E-state index in [1.807, 2.05) is 0 Å². The fourth-order valence-corrected chi connectivity index (χ4v) is 6.76. The zero-order valence-corrected chi connectivity index (χ0v) is 24.3. The molecule has 254 valence electrons. The normalized spacial score (nSPS) is 15.9. The summed E-state index contributed by atoms with van der Waals surface area (Å²) in [4.78, 5) is 0. The Morgan fingerprint density at radius 1 is 0.333 bits per heavy atom. The SMILES string of the molecule is CO[Si](CCC(F)(F)C(F)(F)C(F)(F)C(F)(F)C(F)(F)C(F)(F)C(F)(F)C(F)(F)CC[Si](OC)(OC)OC)(OC)OC. The summed E-state index contributed by atoms with van der Waals surface area (Å²) in [6.45, 7) is 0. The zero-order chi connectivity index (χ0) is 34.1. The van der Waals surface area contributed by atoms with Crippen LogP contribution in [0.1, 0.15) is 12.8 Å². The minimum Gasteiger partial charge on any atom is -0.377 e. The van der Waals surface area contributed by atoms with Crippen LogP contribution >= 0.6 is 0 Å². The molecule has 0 saturated carbocycles. The quantitative estimate of drug-likeness (QED) is 0.112. The maximum atomic E-state index is 14.1. The van der Waals surface area contributed by atoms with Crippen molar-refractivity contribution in [3.63, 3.8) is 0 Å². The van der Waals surface area contributed by atoms with E-state index >= 15 is 0 Å². The van der Waals surface area contributed by atoms with Crippen molar-refractivity contribution >= 4 is 17.6 Å². The molecule has 0 aliphatic carbocycles. The summed E-state index contributed by atoms with van der Waals surface area (Å²) in [6, 6.07) is -3.15. The monoisotopic (exact) mass is 698 g/mol. The fourth-order valence-electron chi connectivity index (χ4n) is 3.29. The zero-order valence-electron chi connectivity index (χ0n) is 22.3. The lowest BCUT2D eigenvalue weighted by Gasteiger charge is -2.44. The van der Waals surface area contributed by atoms with E-state index in [-0.39, 0.29) is 0 Å². The van der Waals surface area contributed by atoms with Gasteiger partial charge in [-0.25, -0.2) is 0 Å². The lowest BCUT2D eigenvalue weighted by Crippen LogP contribution is -2.74. The van der Waals surface area contributed by atoms with Crippen LogP contribution in [-0.4, -0.2) is 108 Å². The number of hydrogen-bond acceptors (Lipinski definition) is 6. The van der Waals surface area contributed by atoms with Crippen molar-refractivity contribution in [1.82, 2.24) is 0 Å². The van der Waals surface area contributed by atoms with Gasteiger partial charge in [0.05, 0.1) is 0 Å². The molecule has 0 heterocycles. The minimum atomic E-state index is -8.52. The van der Waals surface area contributed by atoms with Crippen molar-refractivity contribution in [2.75, 3.05) is 42.7 Å². The first-order valence-corrected chi connectivity index (χ1v) is 14.7. The van der Waals surface area contributed by atoms with Crippen LogP contribution in [-0.2, 0) is 26.6 Å². The highest BCUT2D eigenvalue weighted by atomic mass is 28.4. The summed E-state index contributed by atoms with van der Waals surface area (Å²) in [7, 11) is -4.59. The molecule has 42 heavy (non-hydrogen) atoms. The summed E-state index contributed by atoms with van der Waals surface area (Å²) in [6.07, 6.45) is -5.29. The van der Waals surface area contributed by atoms with Gasteiger partial charge in [-0.3, -0.25) is 0 Å². The average Bonchev–Trinajstić information content (AvgIpc) is 2.90. The summed E-state index contributed by atoms with van der Waals surface area (Å²) in [5.74, 6) is -61.9. The van der Waals surface area contributed by atoms with Gasteiger partial charge >= 0.3 is 65.0 Å². The molecule has 0 bridgehead atoms. The van der Waals surface area contributed by atoms with Crippen LogP contribution in [0, 0.1) is 0 Å². The molecule has 6 nitrogen and oxygen atoms in total. The van der Waals surface area contributed by atoms with Gasteiger partial charge in [-0.2, -0.15) is 70.2 Å². The van der Waals surface area contributed by atoms with Crippen LogP contribution in [0.5, 0.6) is 0 Å². The van der Waals surface area contributed by atoms with Crippen molar-refractivity contribution in [3.05, 3.63) is 0 Å². The summed E-state index contributed by atoms with van der Waals surface area (Å²) in [5, 5.41) is 0. The summed E-state index contributed by atoms with van der Waals surface area (Å²) in [5.41, 5.74) is 0. The lowest BCUT2D eigenvalue weighted by atomic mass is 9.87. The molecule has 0 unspecified atom stereocenters. The van der Waals surface area contributed by atoms with E-state index in [1.54, 1.807) is 0 Å². The van der Waals surface area contributed by atoms with E-state index in [4.69, 9.17) is 0 Å². The molecule has 0 aliphatic rings. The number of alkyl halides is 16. The molecular weight excluding hydrogens is 672 g/mol. The van der Waals surface area contributed by atoms with E-state index < -0.39 is 89.9 Å². The Labute approximate surface area is 230 Å². The molecule has 0 aromatic rings. The Morgan fingerprint density at radius 3 is 0.667 bits per heavy atom. The molecule has 0 N–H and O–H groups in total. The maximum Gasteiger partial charge on any atom is 0.500 e. The number of halogens is 16. The topological polar surface area (TPSA) is 55.4 Å². The number of rotatable bonds is 19. The maximum absolute atomic E-state index is 14.1. The third kappa shape index (κ3) is 6.40. The highest BCUT2D eigenvalue weighted by Gasteiger charge is 2.94. The first-order valence-electron chi connectivity index (χ1n) is 10.9. The van der Waals surface area contributed by atoms with Crippen LogP contribution in [0.25, 0.3) is 0 Å². The number of hydrogen-bond donors (Lipinski definition) is 0. The third-order valence-electron chi connectivity index (χ3n) is 6.25. The molecule has 0 rings (SSSR count). The summed E-state index contributed by atoms with van der Waals surface area (Å²) >= 11 is 0. The van der Waals surface area contributed by atoms with Crippen LogP contribution < -0.4 is 0 Å². The van der Waals surface area contributed by atoms with E-state index in [9.17, 15) is 70.2 Å². The molecule has 0 aromatic heterocycles. The van der Waals surface area contributed by atoms with Crippen LogP contribution in [0.3, 0.4) is 0 Å².